The van der Waals surface area contributed by atoms with Gasteiger partial charge in [0.1, 0.15) is 17.5 Å². The Bertz CT molecular complexity index is 773. The van der Waals surface area contributed by atoms with Crippen LogP contribution in [0.3, 0.4) is 0 Å². The van der Waals surface area contributed by atoms with E-state index in [4.69, 9.17) is 0 Å². The lowest BCUT2D eigenvalue weighted by Gasteiger charge is -2.27. The predicted molar refractivity (Wildman–Crippen MR) is 83.0 cm³/mol. The van der Waals surface area contributed by atoms with Gasteiger partial charge in [-0.3, -0.25) is 9.69 Å². The molecule has 3 rings (SSSR count). The van der Waals surface area contributed by atoms with Crippen molar-refractivity contribution in [2.24, 2.45) is 0 Å². The molecule has 2 heterocycles. The highest BCUT2D eigenvalue weighted by molar-refractivity contribution is 5.23. The highest BCUT2D eigenvalue weighted by atomic mass is 19.1. The van der Waals surface area contributed by atoms with Crippen molar-refractivity contribution in [1.82, 2.24) is 14.9 Å². The first-order chi connectivity index (χ1) is 11.1. The average molecular weight is 319 g/mol. The van der Waals surface area contributed by atoms with Crippen molar-refractivity contribution in [3.63, 3.8) is 0 Å². The lowest BCUT2D eigenvalue weighted by atomic mass is 10.1. The zero-order chi connectivity index (χ0) is 16.4. The molecular weight excluding hydrogens is 300 g/mol. The number of halogens is 2. The molecule has 23 heavy (non-hydrogen) atoms. The van der Waals surface area contributed by atoms with Crippen molar-refractivity contribution < 1.29 is 8.78 Å². The van der Waals surface area contributed by atoms with Crippen molar-refractivity contribution in [3.05, 3.63) is 62.8 Å². The molecule has 4 nitrogen and oxygen atoms in total. The largest absolute Gasteiger partial charge is 0.310 e. The molecule has 0 unspecified atom stereocenters. The molecule has 1 aromatic heterocycles. The van der Waals surface area contributed by atoms with Crippen LogP contribution in [0.15, 0.2) is 23.0 Å². The van der Waals surface area contributed by atoms with Gasteiger partial charge in [-0.15, -0.1) is 0 Å². The van der Waals surface area contributed by atoms with Gasteiger partial charge in [0.2, 0.25) is 0 Å². The second kappa shape index (κ2) is 6.58. The van der Waals surface area contributed by atoms with Crippen LogP contribution in [0.25, 0.3) is 0 Å². The average Bonchev–Trinajstić information content (AvgIpc) is 2.51. The molecule has 1 aliphatic heterocycles. The highest BCUT2D eigenvalue weighted by Gasteiger charge is 2.21. The molecule has 0 saturated heterocycles. The first-order valence-corrected chi connectivity index (χ1v) is 7.84. The molecule has 1 aliphatic rings. The van der Waals surface area contributed by atoms with Gasteiger partial charge in [0.15, 0.2) is 0 Å². The Labute approximate surface area is 133 Å². The van der Waals surface area contributed by atoms with Gasteiger partial charge in [-0.05, 0) is 31.0 Å². The number of aromatic amines is 1. The molecule has 0 aliphatic carbocycles. The quantitative estimate of drug-likeness (QED) is 0.942. The van der Waals surface area contributed by atoms with E-state index >= 15 is 0 Å². The number of aryl methyl sites for hydroxylation is 1. The number of hydrogen-bond donors (Lipinski definition) is 1. The maximum Gasteiger partial charge on any atom is 0.254 e. The van der Waals surface area contributed by atoms with Crippen molar-refractivity contribution in [1.29, 1.82) is 0 Å². The lowest BCUT2D eigenvalue weighted by Crippen LogP contribution is -2.35. The molecule has 0 spiro atoms. The molecule has 2 aromatic rings. The summed E-state index contributed by atoms with van der Waals surface area (Å²) in [6.45, 7) is 3.44. The molecule has 6 heteroatoms. The molecule has 0 bridgehead atoms. The third kappa shape index (κ3) is 3.47. The van der Waals surface area contributed by atoms with E-state index in [9.17, 15) is 13.6 Å². The van der Waals surface area contributed by atoms with E-state index in [1.807, 2.05) is 11.8 Å². The molecule has 0 radical (unpaired) electrons. The van der Waals surface area contributed by atoms with Crippen molar-refractivity contribution in [3.8, 4) is 0 Å². The second-order valence-corrected chi connectivity index (χ2v) is 5.88. The number of benzene rings is 1. The summed E-state index contributed by atoms with van der Waals surface area (Å²) in [5.74, 6) is -0.170. The fourth-order valence-electron chi connectivity index (χ4n) is 2.94. The monoisotopic (exact) mass is 319 g/mol. The summed E-state index contributed by atoms with van der Waals surface area (Å²) in [7, 11) is 0. The Hall–Kier alpha value is -2.08. The number of nitrogens with one attached hydrogen (secondary N) is 1. The third-order valence-corrected chi connectivity index (χ3v) is 4.09. The summed E-state index contributed by atoms with van der Waals surface area (Å²) in [6.07, 6.45) is 2.20. The smallest absolute Gasteiger partial charge is 0.254 e. The Morgan fingerprint density at radius 2 is 2.17 bits per heavy atom. The van der Waals surface area contributed by atoms with Crippen LogP contribution in [0.5, 0.6) is 0 Å². The van der Waals surface area contributed by atoms with Gasteiger partial charge in [-0.1, -0.05) is 6.92 Å². The Balaban J connectivity index is 1.82. The van der Waals surface area contributed by atoms with Gasteiger partial charge in [-0.2, -0.15) is 0 Å². The van der Waals surface area contributed by atoms with Gasteiger partial charge < -0.3 is 4.98 Å². The van der Waals surface area contributed by atoms with E-state index in [0.717, 1.165) is 30.7 Å². The first-order valence-electron chi connectivity index (χ1n) is 7.84. The molecular formula is C17H19F2N3O. The third-order valence-electron chi connectivity index (χ3n) is 4.09. The molecule has 1 aromatic carbocycles. The summed E-state index contributed by atoms with van der Waals surface area (Å²) in [4.78, 5) is 21.4. The SMILES string of the molecule is CCCc1nc2c(c(=O)[nH]1)CCN(Cc1cc(F)ccc1F)C2. The van der Waals surface area contributed by atoms with Crippen molar-refractivity contribution >= 4 is 0 Å². The number of fused-ring (bicyclic) bond motifs is 1. The first kappa shape index (κ1) is 15.8. The van der Waals surface area contributed by atoms with Crippen LogP contribution in [-0.4, -0.2) is 21.4 Å². The van der Waals surface area contributed by atoms with Crippen LogP contribution in [0, 0.1) is 11.6 Å². The second-order valence-electron chi connectivity index (χ2n) is 5.88. The normalized spacial score (nSPS) is 14.7. The van der Waals surface area contributed by atoms with E-state index < -0.39 is 11.6 Å². The zero-order valence-corrected chi connectivity index (χ0v) is 13.0. The van der Waals surface area contributed by atoms with Crippen LogP contribution in [0.1, 0.15) is 36.0 Å². The Morgan fingerprint density at radius 1 is 1.35 bits per heavy atom. The maximum absolute atomic E-state index is 13.8. The topological polar surface area (TPSA) is 49.0 Å². The number of nitrogens with zero attached hydrogens (tertiary/aromatic N) is 2. The molecule has 0 atom stereocenters. The van der Waals surface area contributed by atoms with Gasteiger partial charge in [0.05, 0.1) is 5.69 Å². The number of H-pyrrole nitrogens is 1. The van der Waals surface area contributed by atoms with E-state index in [1.54, 1.807) is 0 Å². The predicted octanol–water partition coefficient (Wildman–Crippen LogP) is 2.56. The standard InChI is InChI=1S/C17H19F2N3O/c1-2-3-16-20-15-10-22(7-6-13(15)17(23)21-16)9-11-8-12(18)4-5-14(11)19/h4-5,8H,2-3,6-7,9-10H2,1H3,(H,20,21,23). The van der Waals surface area contributed by atoms with E-state index in [2.05, 4.69) is 9.97 Å². The summed E-state index contributed by atoms with van der Waals surface area (Å²) in [5.41, 5.74) is 1.71. The minimum atomic E-state index is -0.446. The molecule has 1 N–H and O–H groups in total. The fraction of sp³-hybridized carbons (Fsp3) is 0.412. The number of hydrogen-bond acceptors (Lipinski definition) is 3. The highest BCUT2D eigenvalue weighted by Crippen LogP contribution is 2.19. The van der Waals surface area contributed by atoms with Crippen LogP contribution < -0.4 is 5.56 Å². The van der Waals surface area contributed by atoms with Crippen LogP contribution in [0.2, 0.25) is 0 Å². The molecule has 0 amide bonds. The number of aromatic nitrogens is 2. The number of rotatable bonds is 4. The van der Waals surface area contributed by atoms with E-state index in [0.29, 0.717) is 43.0 Å². The summed E-state index contributed by atoms with van der Waals surface area (Å²) in [5, 5.41) is 0. The Morgan fingerprint density at radius 3 is 2.96 bits per heavy atom. The van der Waals surface area contributed by atoms with Crippen LogP contribution >= 0.6 is 0 Å². The minimum Gasteiger partial charge on any atom is -0.310 e. The van der Waals surface area contributed by atoms with Gasteiger partial charge >= 0.3 is 0 Å². The van der Waals surface area contributed by atoms with Gasteiger partial charge in [-0.25, -0.2) is 13.8 Å². The fourth-order valence-corrected chi connectivity index (χ4v) is 2.94. The minimum absolute atomic E-state index is 0.0740. The van der Waals surface area contributed by atoms with Crippen LogP contribution in [-0.2, 0) is 25.9 Å². The Kier molecular flexibility index (Phi) is 4.52. The van der Waals surface area contributed by atoms with Crippen molar-refractivity contribution in [2.45, 2.75) is 39.3 Å². The maximum atomic E-state index is 13.8. The van der Waals surface area contributed by atoms with Gasteiger partial charge in [0, 0.05) is 37.2 Å². The molecule has 122 valence electrons. The lowest BCUT2D eigenvalue weighted by molar-refractivity contribution is 0.236. The van der Waals surface area contributed by atoms with E-state index in [1.165, 1.54) is 6.07 Å². The van der Waals surface area contributed by atoms with Gasteiger partial charge in [0.25, 0.3) is 5.56 Å². The van der Waals surface area contributed by atoms with E-state index in [-0.39, 0.29) is 5.56 Å². The summed E-state index contributed by atoms with van der Waals surface area (Å²) in [6, 6.07) is 3.48. The summed E-state index contributed by atoms with van der Waals surface area (Å²) < 4.78 is 27.1. The van der Waals surface area contributed by atoms with Crippen LogP contribution in [0.4, 0.5) is 8.78 Å². The molecule has 0 fully saturated rings. The summed E-state index contributed by atoms with van der Waals surface area (Å²) >= 11 is 0. The van der Waals surface area contributed by atoms with Crippen molar-refractivity contribution in [2.75, 3.05) is 6.54 Å². The zero-order valence-electron chi connectivity index (χ0n) is 13.0. The molecule has 0 saturated carbocycles.